The van der Waals surface area contributed by atoms with Crippen LogP contribution in [0.25, 0.3) is 0 Å². The highest BCUT2D eigenvalue weighted by atomic mass is 16.1. The van der Waals surface area contributed by atoms with E-state index < -0.39 is 0 Å². The molecule has 1 aliphatic carbocycles. The predicted molar refractivity (Wildman–Crippen MR) is 57.1 cm³/mol. The molecule has 1 aliphatic rings. The van der Waals surface area contributed by atoms with Crippen LogP contribution in [-0.4, -0.2) is 5.78 Å². The maximum Gasteiger partial charge on any atom is 0.162 e. The minimum absolute atomic E-state index is 0.247. The highest BCUT2D eigenvalue weighted by Crippen LogP contribution is 2.33. The summed E-state index contributed by atoms with van der Waals surface area (Å²) in [6.07, 6.45) is 4.38. The first kappa shape index (κ1) is 9.25. The van der Waals surface area contributed by atoms with E-state index in [0.29, 0.717) is 12.1 Å². The zero-order valence-electron chi connectivity index (χ0n) is 8.20. The van der Waals surface area contributed by atoms with Gasteiger partial charge in [-0.2, -0.15) is 0 Å². The van der Waals surface area contributed by atoms with Crippen LogP contribution < -0.4 is 5.73 Å². The Balaban J connectivity index is 1.92. The molecule has 0 saturated heterocycles. The SMILES string of the molecule is Nc1ccc(C(=O)CCC2CC2)cc1. The summed E-state index contributed by atoms with van der Waals surface area (Å²) in [5.41, 5.74) is 7.05. The summed E-state index contributed by atoms with van der Waals surface area (Å²) in [4.78, 5) is 11.6. The quantitative estimate of drug-likeness (QED) is 0.584. The standard InChI is InChI=1S/C12H15NO/c13-11-6-4-10(5-7-11)12(14)8-3-9-1-2-9/h4-7,9H,1-3,8,13H2. The molecule has 0 aliphatic heterocycles. The van der Waals surface area contributed by atoms with Crippen molar-refractivity contribution in [1.29, 1.82) is 0 Å². The fraction of sp³-hybridized carbons (Fsp3) is 0.417. The van der Waals surface area contributed by atoms with E-state index in [1.165, 1.54) is 12.8 Å². The molecule has 1 aromatic rings. The molecule has 0 bridgehead atoms. The molecule has 0 aromatic heterocycles. The number of anilines is 1. The molecule has 1 fully saturated rings. The van der Waals surface area contributed by atoms with Crippen molar-refractivity contribution in [2.75, 3.05) is 5.73 Å². The van der Waals surface area contributed by atoms with Crippen LogP contribution >= 0.6 is 0 Å². The average molecular weight is 189 g/mol. The van der Waals surface area contributed by atoms with Gasteiger partial charge in [-0.1, -0.05) is 12.8 Å². The molecule has 0 atom stereocenters. The van der Waals surface area contributed by atoms with Crippen LogP contribution in [0.2, 0.25) is 0 Å². The van der Waals surface area contributed by atoms with Gasteiger partial charge in [0.1, 0.15) is 0 Å². The Morgan fingerprint density at radius 2 is 1.93 bits per heavy atom. The maximum absolute atomic E-state index is 11.6. The molecule has 2 rings (SSSR count). The van der Waals surface area contributed by atoms with Crippen molar-refractivity contribution in [1.82, 2.24) is 0 Å². The first-order valence-electron chi connectivity index (χ1n) is 5.14. The molecule has 2 nitrogen and oxygen atoms in total. The van der Waals surface area contributed by atoms with Gasteiger partial charge in [0, 0.05) is 17.7 Å². The number of carbonyl (C=O) groups excluding carboxylic acids is 1. The van der Waals surface area contributed by atoms with E-state index in [1.807, 2.05) is 12.1 Å². The lowest BCUT2D eigenvalue weighted by Crippen LogP contribution is -1.99. The molecule has 1 saturated carbocycles. The number of ketones is 1. The Morgan fingerprint density at radius 1 is 1.29 bits per heavy atom. The lowest BCUT2D eigenvalue weighted by atomic mass is 10.0. The summed E-state index contributed by atoms with van der Waals surface area (Å²) >= 11 is 0. The summed E-state index contributed by atoms with van der Waals surface area (Å²) in [6, 6.07) is 7.18. The Labute approximate surface area is 84.1 Å². The zero-order chi connectivity index (χ0) is 9.97. The molecule has 0 unspecified atom stereocenters. The van der Waals surface area contributed by atoms with Crippen molar-refractivity contribution in [3.8, 4) is 0 Å². The fourth-order valence-electron chi connectivity index (χ4n) is 1.56. The normalized spacial score (nSPS) is 15.4. The third-order valence-corrected chi connectivity index (χ3v) is 2.71. The summed E-state index contributed by atoms with van der Waals surface area (Å²) in [6.45, 7) is 0. The first-order valence-corrected chi connectivity index (χ1v) is 5.14. The summed E-state index contributed by atoms with van der Waals surface area (Å²) < 4.78 is 0. The number of Topliss-reactive ketones (excluding diaryl/α,β-unsaturated/α-hetero) is 1. The first-order chi connectivity index (χ1) is 6.75. The summed E-state index contributed by atoms with van der Waals surface area (Å²) in [5.74, 6) is 1.07. The van der Waals surface area contributed by atoms with E-state index >= 15 is 0 Å². The van der Waals surface area contributed by atoms with Crippen molar-refractivity contribution in [3.63, 3.8) is 0 Å². The van der Waals surface area contributed by atoms with Crippen molar-refractivity contribution < 1.29 is 4.79 Å². The molecule has 0 heterocycles. The van der Waals surface area contributed by atoms with Gasteiger partial charge in [0.2, 0.25) is 0 Å². The highest BCUT2D eigenvalue weighted by Gasteiger charge is 2.21. The van der Waals surface area contributed by atoms with Gasteiger partial charge >= 0.3 is 0 Å². The Hall–Kier alpha value is -1.31. The fourth-order valence-corrected chi connectivity index (χ4v) is 1.56. The molecular formula is C12H15NO. The molecule has 14 heavy (non-hydrogen) atoms. The monoisotopic (exact) mass is 189 g/mol. The van der Waals surface area contributed by atoms with Crippen molar-refractivity contribution >= 4 is 11.5 Å². The smallest absolute Gasteiger partial charge is 0.162 e. The maximum atomic E-state index is 11.6. The van der Waals surface area contributed by atoms with E-state index in [1.54, 1.807) is 12.1 Å². The van der Waals surface area contributed by atoms with Gasteiger partial charge in [-0.3, -0.25) is 4.79 Å². The van der Waals surface area contributed by atoms with Crippen molar-refractivity contribution in [2.45, 2.75) is 25.7 Å². The number of rotatable bonds is 4. The van der Waals surface area contributed by atoms with E-state index in [9.17, 15) is 4.79 Å². The lowest BCUT2D eigenvalue weighted by molar-refractivity contribution is 0.0978. The van der Waals surface area contributed by atoms with Gasteiger partial charge in [-0.25, -0.2) is 0 Å². The van der Waals surface area contributed by atoms with Gasteiger partial charge in [0.05, 0.1) is 0 Å². The van der Waals surface area contributed by atoms with E-state index in [4.69, 9.17) is 5.73 Å². The van der Waals surface area contributed by atoms with E-state index in [-0.39, 0.29) is 5.78 Å². The molecule has 74 valence electrons. The number of hydrogen-bond donors (Lipinski definition) is 1. The Morgan fingerprint density at radius 3 is 2.50 bits per heavy atom. The topological polar surface area (TPSA) is 43.1 Å². The Bertz CT molecular complexity index is 325. The van der Waals surface area contributed by atoms with Crippen LogP contribution in [0.4, 0.5) is 5.69 Å². The van der Waals surface area contributed by atoms with Crippen LogP contribution in [-0.2, 0) is 0 Å². The van der Waals surface area contributed by atoms with Crippen LogP contribution in [0.15, 0.2) is 24.3 Å². The van der Waals surface area contributed by atoms with Crippen molar-refractivity contribution in [3.05, 3.63) is 29.8 Å². The van der Waals surface area contributed by atoms with Gasteiger partial charge < -0.3 is 5.73 Å². The third kappa shape index (κ3) is 2.34. The highest BCUT2D eigenvalue weighted by molar-refractivity contribution is 5.96. The lowest BCUT2D eigenvalue weighted by Gasteiger charge is -2.00. The largest absolute Gasteiger partial charge is 0.399 e. The minimum atomic E-state index is 0.247. The van der Waals surface area contributed by atoms with E-state index in [0.717, 1.165) is 17.9 Å². The average Bonchev–Trinajstić information content (AvgIpc) is 2.99. The second kappa shape index (κ2) is 3.82. The molecule has 0 spiro atoms. The molecular weight excluding hydrogens is 174 g/mol. The molecule has 2 N–H and O–H groups in total. The van der Waals surface area contributed by atoms with Crippen molar-refractivity contribution in [2.24, 2.45) is 5.92 Å². The number of hydrogen-bond acceptors (Lipinski definition) is 2. The number of nitrogens with two attached hydrogens (primary N) is 1. The van der Waals surface area contributed by atoms with Crippen LogP contribution in [0, 0.1) is 5.92 Å². The van der Waals surface area contributed by atoms with Gasteiger partial charge in [0.25, 0.3) is 0 Å². The third-order valence-electron chi connectivity index (χ3n) is 2.71. The number of carbonyl (C=O) groups is 1. The Kier molecular flexibility index (Phi) is 2.53. The summed E-state index contributed by atoms with van der Waals surface area (Å²) in [5, 5.41) is 0. The summed E-state index contributed by atoms with van der Waals surface area (Å²) in [7, 11) is 0. The molecule has 0 radical (unpaired) electrons. The minimum Gasteiger partial charge on any atom is -0.399 e. The second-order valence-electron chi connectivity index (χ2n) is 4.03. The molecule has 1 aromatic carbocycles. The zero-order valence-corrected chi connectivity index (χ0v) is 8.20. The number of benzene rings is 1. The van der Waals surface area contributed by atoms with Gasteiger partial charge in [0.15, 0.2) is 5.78 Å². The van der Waals surface area contributed by atoms with Crippen LogP contribution in [0.5, 0.6) is 0 Å². The number of nitrogen functional groups attached to an aromatic ring is 1. The molecule has 2 heteroatoms. The van der Waals surface area contributed by atoms with Crippen LogP contribution in [0.3, 0.4) is 0 Å². The van der Waals surface area contributed by atoms with Gasteiger partial charge in [-0.05, 0) is 36.6 Å². The van der Waals surface area contributed by atoms with Crippen LogP contribution in [0.1, 0.15) is 36.0 Å². The molecule has 0 amide bonds. The second-order valence-corrected chi connectivity index (χ2v) is 4.03. The predicted octanol–water partition coefficient (Wildman–Crippen LogP) is 2.64. The van der Waals surface area contributed by atoms with Gasteiger partial charge in [-0.15, -0.1) is 0 Å². The van der Waals surface area contributed by atoms with E-state index in [2.05, 4.69) is 0 Å².